The second kappa shape index (κ2) is 6.61. The minimum Gasteiger partial charge on any atom is -0.481 e. The van der Waals surface area contributed by atoms with E-state index in [9.17, 15) is 9.59 Å². The number of hydrogen-bond acceptors (Lipinski definition) is 2. The normalized spacial score (nSPS) is 19.3. The van der Waals surface area contributed by atoms with Crippen LogP contribution in [0.2, 0.25) is 0 Å². The molecule has 2 atom stereocenters. The lowest BCUT2D eigenvalue weighted by molar-refractivity contribution is -0.141. The van der Waals surface area contributed by atoms with Crippen molar-refractivity contribution in [3.63, 3.8) is 0 Å². The Morgan fingerprint density at radius 2 is 1.89 bits per heavy atom. The molecule has 0 radical (unpaired) electrons. The quantitative estimate of drug-likeness (QED) is 0.789. The number of carbonyl (C=O) groups is 2. The Hall–Kier alpha value is -1.26. The zero-order valence-corrected chi connectivity index (χ0v) is 11.5. The molecule has 0 spiro atoms. The van der Waals surface area contributed by atoms with Gasteiger partial charge in [0.25, 0.3) is 0 Å². The van der Waals surface area contributed by atoms with E-state index in [-0.39, 0.29) is 18.6 Å². The molecule has 1 aliphatic carbocycles. The Morgan fingerprint density at radius 3 is 2.39 bits per heavy atom. The van der Waals surface area contributed by atoms with Gasteiger partial charge in [0.05, 0.1) is 5.92 Å². The van der Waals surface area contributed by atoms with Gasteiger partial charge in [-0.15, -0.1) is 0 Å². The zero-order chi connectivity index (χ0) is 13.7. The SMILES string of the molecule is CC(CN(C)C(=O)NC(C)C1CCCC1)C(=O)O. The molecule has 0 aliphatic heterocycles. The van der Waals surface area contributed by atoms with E-state index in [1.54, 1.807) is 14.0 Å². The number of aliphatic carboxylic acids is 1. The monoisotopic (exact) mass is 256 g/mol. The number of nitrogens with zero attached hydrogens (tertiary/aromatic N) is 1. The summed E-state index contributed by atoms with van der Waals surface area (Å²) in [5.41, 5.74) is 0. The molecule has 1 saturated carbocycles. The molecule has 1 rings (SSSR count). The fourth-order valence-electron chi connectivity index (χ4n) is 2.45. The number of carboxylic acids is 1. The first-order chi connectivity index (χ1) is 8.41. The maximum Gasteiger partial charge on any atom is 0.317 e. The van der Waals surface area contributed by atoms with Crippen LogP contribution in [-0.2, 0) is 4.79 Å². The summed E-state index contributed by atoms with van der Waals surface area (Å²) in [4.78, 5) is 24.1. The largest absolute Gasteiger partial charge is 0.481 e. The predicted octanol–water partition coefficient (Wildman–Crippen LogP) is 1.93. The van der Waals surface area contributed by atoms with Crippen molar-refractivity contribution in [3.05, 3.63) is 0 Å². The molecule has 0 aromatic rings. The number of urea groups is 1. The Bertz CT molecular complexity index is 301. The molecule has 0 aromatic carbocycles. The van der Waals surface area contributed by atoms with Crippen LogP contribution < -0.4 is 5.32 Å². The van der Waals surface area contributed by atoms with Gasteiger partial charge in [-0.1, -0.05) is 19.8 Å². The summed E-state index contributed by atoms with van der Waals surface area (Å²) in [6.07, 6.45) is 4.85. The third-order valence-corrected chi connectivity index (χ3v) is 3.77. The van der Waals surface area contributed by atoms with Gasteiger partial charge in [-0.05, 0) is 25.7 Å². The summed E-state index contributed by atoms with van der Waals surface area (Å²) in [6, 6.07) is -0.00918. The molecule has 1 fully saturated rings. The maximum atomic E-state index is 11.9. The van der Waals surface area contributed by atoms with Gasteiger partial charge >= 0.3 is 12.0 Å². The van der Waals surface area contributed by atoms with Crippen molar-refractivity contribution < 1.29 is 14.7 Å². The second-order valence-electron chi connectivity index (χ2n) is 5.40. The molecule has 18 heavy (non-hydrogen) atoms. The topological polar surface area (TPSA) is 69.6 Å². The standard InChI is InChI=1S/C13H24N2O3/c1-9(12(16)17)8-15(3)13(18)14-10(2)11-6-4-5-7-11/h9-11H,4-8H2,1-3H3,(H,14,18)(H,16,17). The Balaban J connectivity index is 2.36. The highest BCUT2D eigenvalue weighted by molar-refractivity contribution is 5.75. The van der Waals surface area contributed by atoms with Gasteiger partial charge in [0.1, 0.15) is 0 Å². The summed E-state index contributed by atoms with van der Waals surface area (Å²) in [7, 11) is 1.64. The van der Waals surface area contributed by atoms with Crippen molar-refractivity contribution in [2.45, 2.75) is 45.6 Å². The van der Waals surface area contributed by atoms with Crippen molar-refractivity contribution in [3.8, 4) is 0 Å². The molecular weight excluding hydrogens is 232 g/mol. The summed E-state index contributed by atoms with van der Waals surface area (Å²) in [5.74, 6) is -0.847. The van der Waals surface area contributed by atoms with Crippen LogP contribution in [0.3, 0.4) is 0 Å². The van der Waals surface area contributed by atoms with Crippen molar-refractivity contribution in [1.82, 2.24) is 10.2 Å². The molecule has 2 N–H and O–H groups in total. The number of nitrogens with one attached hydrogen (secondary N) is 1. The number of carbonyl (C=O) groups excluding carboxylic acids is 1. The van der Waals surface area contributed by atoms with Crippen LogP contribution in [0.5, 0.6) is 0 Å². The molecule has 5 nitrogen and oxygen atoms in total. The Morgan fingerprint density at radius 1 is 1.33 bits per heavy atom. The first-order valence-corrected chi connectivity index (χ1v) is 6.66. The van der Waals surface area contributed by atoms with Crippen LogP contribution in [0.15, 0.2) is 0 Å². The van der Waals surface area contributed by atoms with Gasteiger partial charge in [0.15, 0.2) is 0 Å². The second-order valence-corrected chi connectivity index (χ2v) is 5.40. The summed E-state index contributed by atoms with van der Waals surface area (Å²) in [6.45, 7) is 3.87. The van der Waals surface area contributed by atoms with Crippen LogP contribution in [0.1, 0.15) is 39.5 Å². The first kappa shape index (κ1) is 14.8. The fraction of sp³-hybridized carbons (Fsp3) is 0.846. The molecule has 0 saturated heterocycles. The van der Waals surface area contributed by atoms with Crippen LogP contribution in [0.4, 0.5) is 4.79 Å². The number of amides is 2. The van der Waals surface area contributed by atoms with Gasteiger partial charge in [-0.2, -0.15) is 0 Å². The Kier molecular flexibility index (Phi) is 5.44. The molecule has 2 amide bonds. The third kappa shape index (κ3) is 4.20. The Labute approximate surface area is 109 Å². The van der Waals surface area contributed by atoms with E-state index in [1.807, 2.05) is 6.92 Å². The molecule has 1 aliphatic rings. The number of rotatable bonds is 5. The fourth-order valence-corrected chi connectivity index (χ4v) is 2.45. The van der Waals surface area contributed by atoms with Crippen LogP contribution in [-0.4, -0.2) is 41.6 Å². The zero-order valence-electron chi connectivity index (χ0n) is 11.5. The summed E-state index contributed by atoms with van der Waals surface area (Å²) in [5, 5.41) is 11.8. The summed E-state index contributed by atoms with van der Waals surface area (Å²) < 4.78 is 0. The summed E-state index contributed by atoms with van der Waals surface area (Å²) >= 11 is 0. The molecule has 0 heterocycles. The van der Waals surface area contributed by atoms with E-state index in [0.717, 1.165) is 0 Å². The molecule has 2 unspecified atom stereocenters. The minimum absolute atomic E-state index is 0.169. The molecule has 0 bridgehead atoms. The van der Waals surface area contributed by atoms with Crippen LogP contribution in [0, 0.1) is 11.8 Å². The lowest BCUT2D eigenvalue weighted by Crippen LogP contribution is -2.46. The van der Waals surface area contributed by atoms with Crippen molar-refractivity contribution in [2.75, 3.05) is 13.6 Å². The maximum absolute atomic E-state index is 11.9. The first-order valence-electron chi connectivity index (χ1n) is 6.66. The van der Waals surface area contributed by atoms with E-state index < -0.39 is 11.9 Å². The third-order valence-electron chi connectivity index (χ3n) is 3.77. The van der Waals surface area contributed by atoms with Gasteiger partial charge in [0.2, 0.25) is 0 Å². The van der Waals surface area contributed by atoms with E-state index in [1.165, 1.54) is 30.6 Å². The average Bonchev–Trinajstić information content (AvgIpc) is 2.81. The smallest absolute Gasteiger partial charge is 0.317 e. The van der Waals surface area contributed by atoms with Gasteiger partial charge in [0, 0.05) is 19.6 Å². The van der Waals surface area contributed by atoms with Gasteiger partial charge in [-0.25, -0.2) is 4.79 Å². The number of carboxylic acid groups (broad SMARTS) is 1. The molecular formula is C13H24N2O3. The average molecular weight is 256 g/mol. The van der Waals surface area contributed by atoms with E-state index in [2.05, 4.69) is 5.32 Å². The lowest BCUT2D eigenvalue weighted by Gasteiger charge is -2.25. The lowest BCUT2D eigenvalue weighted by atomic mass is 10.00. The molecule has 5 heteroatoms. The predicted molar refractivity (Wildman–Crippen MR) is 69.4 cm³/mol. The minimum atomic E-state index is -0.876. The molecule has 0 aromatic heterocycles. The van der Waals surface area contributed by atoms with Crippen LogP contribution >= 0.6 is 0 Å². The number of hydrogen-bond donors (Lipinski definition) is 2. The highest BCUT2D eigenvalue weighted by Gasteiger charge is 2.24. The van der Waals surface area contributed by atoms with Crippen molar-refractivity contribution in [2.24, 2.45) is 11.8 Å². The highest BCUT2D eigenvalue weighted by Crippen LogP contribution is 2.27. The van der Waals surface area contributed by atoms with E-state index in [0.29, 0.717) is 5.92 Å². The van der Waals surface area contributed by atoms with E-state index >= 15 is 0 Å². The van der Waals surface area contributed by atoms with Gasteiger partial charge in [-0.3, -0.25) is 4.79 Å². The highest BCUT2D eigenvalue weighted by atomic mass is 16.4. The van der Waals surface area contributed by atoms with E-state index in [4.69, 9.17) is 5.11 Å². The van der Waals surface area contributed by atoms with Crippen molar-refractivity contribution in [1.29, 1.82) is 0 Å². The van der Waals surface area contributed by atoms with Crippen molar-refractivity contribution >= 4 is 12.0 Å². The van der Waals surface area contributed by atoms with Crippen LogP contribution in [0.25, 0.3) is 0 Å². The molecule has 104 valence electrons. The van der Waals surface area contributed by atoms with Gasteiger partial charge < -0.3 is 15.3 Å².